The molecule has 0 aliphatic rings. The first kappa shape index (κ1) is 17.4. The molecule has 0 fully saturated rings. The highest BCUT2D eigenvalue weighted by molar-refractivity contribution is 7.13. The topological polar surface area (TPSA) is 51.0 Å². The number of rotatable bonds is 7. The lowest BCUT2D eigenvalue weighted by Gasteiger charge is -2.19. The number of hydrogen-bond donors (Lipinski definition) is 0. The summed E-state index contributed by atoms with van der Waals surface area (Å²) in [6.07, 6.45) is 1.84. The number of para-hydroxylation sites is 1. The normalized spacial score (nSPS) is 10.8. The van der Waals surface area contributed by atoms with Crippen molar-refractivity contribution in [2.75, 3.05) is 13.1 Å². The van der Waals surface area contributed by atoms with Crippen molar-refractivity contribution in [3.8, 4) is 16.4 Å². The number of benzene rings is 1. The maximum atomic E-state index is 12.9. The molecule has 2 aromatic heterocycles. The van der Waals surface area contributed by atoms with Crippen molar-refractivity contribution in [3.63, 3.8) is 0 Å². The van der Waals surface area contributed by atoms with E-state index < -0.39 is 0 Å². The molecule has 2 heterocycles. The monoisotopic (exact) mass is 354 g/mol. The third-order valence-corrected chi connectivity index (χ3v) is 4.68. The molecule has 3 rings (SSSR count). The van der Waals surface area contributed by atoms with Crippen LogP contribution in [-0.2, 0) is 0 Å². The first-order valence-electron chi connectivity index (χ1n) is 8.60. The van der Waals surface area contributed by atoms with E-state index >= 15 is 0 Å². The molecule has 0 unspecified atom stereocenters. The van der Waals surface area contributed by atoms with Crippen LogP contribution in [0.5, 0.6) is 0 Å². The number of hydrogen-bond acceptors (Lipinski definition) is 4. The minimum absolute atomic E-state index is 0.101. The quantitative estimate of drug-likeness (QED) is 0.637. The van der Waals surface area contributed by atoms with Crippen molar-refractivity contribution in [2.45, 2.75) is 26.7 Å². The Hall–Kier alpha value is -2.47. The van der Waals surface area contributed by atoms with Crippen molar-refractivity contribution in [2.24, 2.45) is 0 Å². The fourth-order valence-corrected chi connectivity index (χ4v) is 3.41. The Morgan fingerprint density at radius 1 is 1.08 bits per heavy atom. The van der Waals surface area contributed by atoms with Gasteiger partial charge in [0.05, 0.1) is 10.6 Å². The minimum Gasteiger partial charge on any atom is -0.336 e. The highest BCUT2D eigenvalue weighted by Gasteiger charge is 2.23. The van der Waals surface area contributed by atoms with Gasteiger partial charge in [-0.15, -0.1) is 16.4 Å². The Morgan fingerprint density at radius 3 is 2.40 bits per heavy atom. The Labute approximate surface area is 151 Å². The van der Waals surface area contributed by atoms with Gasteiger partial charge in [-0.05, 0) is 36.4 Å². The molecule has 0 spiro atoms. The van der Waals surface area contributed by atoms with Crippen LogP contribution in [0.2, 0.25) is 0 Å². The molecule has 6 heteroatoms. The van der Waals surface area contributed by atoms with Crippen molar-refractivity contribution in [1.29, 1.82) is 0 Å². The van der Waals surface area contributed by atoms with E-state index in [-0.39, 0.29) is 11.7 Å². The summed E-state index contributed by atoms with van der Waals surface area (Å²) in [6.45, 7) is 5.59. The molecule has 5 nitrogen and oxygen atoms in total. The van der Waals surface area contributed by atoms with Crippen LogP contribution in [0.4, 0.5) is 0 Å². The van der Waals surface area contributed by atoms with Crippen LogP contribution < -0.4 is 0 Å². The molecular weight excluding hydrogens is 332 g/mol. The van der Waals surface area contributed by atoms with Gasteiger partial charge in [-0.25, -0.2) is 9.67 Å². The second-order valence-corrected chi connectivity index (χ2v) is 6.72. The van der Waals surface area contributed by atoms with Gasteiger partial charge in [0.1, 0.15) is 0 Å². The molecule has 0 saturated carbocycles. The largest absolute Gasteiger partial charge is 0.336 e. The summed E-state index contributed by atoms with van der Waals surface area (Å²) in [4.78, 5) is 20.3. The van der Waals surface area contributed by atoms with Crippen molar-refractivity contribution >= 4 is 17.2 Å². The molecule has 0 N–H and O–H groups in total. The zero-order chi connectivity index (χ0) is 17.6. The van der Waals surface area contributed by atoms with Gasteiger partial charge in [0.25, 0.3) is 5.91 Å². The summed E-state index contributed by atoms with van der Waals surface area (Å²) in [6, 6.07) is 13.8. The molecule has 0 radical (unpaired) electrons. The molecule has 25 heavy (non-hydrogen) atoms. The summed E-state index contributed by atoms with van der Waals surface area (Å²) < 4.78 is 1.76. The van der Waals surface area contributed by atoms with E-state index in [0.717, 1.165) is 36.5 Å². The maximum absolute atomic E-state index is 12.9. The zero-order valence-corrected chi connectivity index (χ0v) is 15.4. The first-order valence-corrected chi connectivity index (χ1v) is 9.48. The van der Waals surface area contributed by atoms with Crippen LogP contribution in [-0.4, -0.2) is 38.7 Å². The van der Waals surface area contributed by atoms with Gasteiger partial charge in [0.2, 0.25) is 5.82 Å². The van der Waals surface area contributed by atoms with E-state index in [2.05, 4.69) is 23.9 Å². The number of carbonyl (C=O) groups is 1. The Kier molecular flexibility index (Phi) is 5.60. The van der Waals surface area contributed by atoms with Gasteiger partial charge in [0, 0.05) is 13.1 Å². The van der Waals surface area contributed by atoms with E-state index in [1.54, 1.807) is 16.0 Å². The third kappa shape index (κ3) is 3.79. The number of nitrogens with zero attached hydrogens (tertiary/aromatic N) is 4. The SMILES string of the molecule is CCCN(CCC)C(=O)c1nc(-c2cccs2)n(-c2ccccc2)n1. The van der Waals surface area contributed by atoms with E-state index in [1.165, 1.54) is 0 Å². The minimum atomic E-state index is -0.101. The molecule has 1 amide bonds. The second-order valence-electron chi connectivity index (χ2n) is 5.78. The van der Waals surface area contributed by atoms with Gasteiger partial charge >= 0.3 is 0 Å². The van der Waals surface area contributed by atoms with Gasteiger partial charge in [-0.3, -0.25) is 4.79 Å². The maximum Gasteiger partial charge on any atom is 0.293 e. The van der Waals surface area contributed by atoms with Crippen molar-refractivity contribution in [3.05, 3.63) is 53.7 Å². The first-order chi connectivity index (χ1) is 12.2. The van der Waals surface area contributed by atoms with Crippen LogP contribution in [0, 0.1) is 0 Å². The lowest BCUT2D eigenvalue weighted by atomic mass is 10.3. The molecule has 130 valence electrons. The molecule has 0 saturated heterocycles. The predicted molar refractivity (Wildman–Crippen MR) is 101 cm³/mol. The van der Waals surface area contributed by atoms with Crippen LogP contribution in [0.1, 0.15) is 37.3 Å². The van der Waals surface area contributed by atoms with Gasteiger partial charge in [-0.1, -0.05) is 38.1 Å². The lowest BCUT2D eigenvalue weighted by Crippen LogP contribution is -2.33. The average molecular weight is 354 g/mol. The molecule has 0 aliphatic heterocycles. The van der Waals surface area contributed by atoms with E-state index in [4.69, 9.17) is 0 Å². The standard InChI is InChI=1S/C19H22N4OS/c1-3-12-22(13-4-2)19(24)17-20-18(16-11-8-14-25-16)23(21-17)15-9-6-5-7-10-15/h5-11,14H,3-4,12-13H2,1-2H3. The molecular formula is C19H22N4OS. The highest BCUT2D eigenvalue weighted by Crippen LogP contribution is 2.25. The number of carbonyl (C=O) groups excluding carboxylic acids is 1. The summed E-state index contributed by atoms with van der Waals surface area (Å²) in [7, 11) is 0. The van der Waals surface area contributed by atoms with Gasteiger partial charge in [0.15, 0.2) is 5.82 Å². The molecule has 0 bridgehead atoms. The van der Waals surface area contributed by atoms with Gasteiger partial charge < -0.3 is 4.90 Å². The Bertz CT molecular complexity index is 805. The fourth-order valence-electron chi connectivity index (χ4n) is 2.71. The summed E-state index contributed by atoms with van der Waals surface area (Å²) >= 11 is 1.59. The van der Waals surface area contributed by atoms with Crippen LogP contribution >= 0.6 is 11.3 Å². The van der Waals surface area contributed by atoms with E-state index in [0.29, 0.717) is 5.82 Å². The third-order valence-electron chi connectivity index (χ3n) is 3.82. The predicted octanol–water partition coefficient (Wildman–Crippen LogP) is 4.26. The molecule has 3 aromatic rings. The lowest BCUT2D eigenvalue weighted by molar-refractivity contribution is 0.0743. The van der Waals surface area contributed by atoms with Crippen LogP contribution in [0.3, 0.4) is 0 Å². The van der Waals surface area contributed by atoms with E-state index in [1.807, 2.05) is 52.7 Å². The van der Waals surface area contributed by atoms with Crippen LogP contribution in [0.15, 0.2) is 47.8 Å². The highest BCUT2D eigenvalue weighted by atomic mass is 32.1. The van der Waals surface area contributed by atoms with Crippen LogP contribution in [0.25, 0.3) is 16.4 Å². The summed E-state index contributed by atoms with van der Waals surface area (Å²) in [5, 5.41) is 6.54. The van der Waals surface area contributed by atoms with Crippen molar-refractivity contribution < 1.29 is 4.79 Å². The summed E-state index contributed by atoms with van der Waals surface area (Å²) in [5.41, 5.74) is 0.898. The average Bonchev–Trinajstić information content (AvgIpc) is 3.31. The summed E-state index contributed by atoms with van der Waals surface area (Å²) in [5.74, 6) is 0.864. The molecule has 1 aromatic carbocycles. The number of thiophene rings is 1. The molecule has 0 atom stereocenters. The van der Waals surface area contributed by atoms with E-state index in [9.17, 15) is 4.79 Å². The smallest absolute Gasteiger partial charge is 0.293 e. The fraction of sp³-hybridized carbons (Fsp3) is 0.316. The number of aromatic nitrogens is 3. The Balaban J connectivity index is 2.03. The zero-order valence-electron chi connectivity index (χ0n) is 14.6. The number of amides is 1. The Morgan fingerprint density at radius 2 is 1.80 bits per heavy atom. The second kappa shape index (κ2) is 8.07. The molecule has 0 aliphatic carbocycles. The van der Waals surface area contributed by atoms with Crippen molar-refractivity contribution in [1.82, 2.24) is 19.7 Å². The van der Waals surface area contributed by atoms with Gasteiger partial charge in [-0.2, -0.15) is 0 Å².